The highest BCUT2D eigenvalue weighted by molar-refractivity contribution is 7.46. The number of unbranched alkanes of at least 4 members (excludes halogenated alkanes) is 9. The van der Waals surface area contributed by atoms with Crippen molar-refractivity contribution < 1.29 is 43.0 Å². The molecule has 0 amide bonds. The molecule has 0 bridgehead atoms. The Morgan fingerprint density at radius 2 is 1.20 bits per heavy atom. The van der Waals surface area contributed by atoms with E-state index in [9.17, 15) is 19.3 Å². The van der Waals surface area contributed by atoms with E-state index in [1.165, 1.54) is 19.3 Å². The Hall–Kier alpha value is -2.81. The maximum Gasteiger partial charge on any atom is 0.469 e. The average molecular weight is 735 g/mol. The van der Waals surface area contributed by atoms with Gasteiger partial charge in [-0.05, 0) is 77.0 Å². The predicted octanol–water partition coefficient (Wildman–Crippen LogP) is 10.3. The highest BCUT2D eigenvalue weighted by Gasteiger charge is 2.22. The van der Waals surface area contributed by atoms with E-state index in [0.717, 1.165) is 64.2 Å². The number of phosphoric ester groups is 1. The molecule has 0 aliphatic rings. The summed E-state index contributed by atoms with van der Waals surface area (Å²) in [6.07, 6.45) is 43.3. The molecule has 0 rings (SSSR count). The monoisotopic (exact) mass is 734 g/mol. The predicted molar refractivity (Wildman–Crippen MR) is 208 cm³/mol. The second-order valence-corrected chi connectivity index (χ2v) is 13.6. The van der Waals surface area contributed by atoms with Crippen LogP contribution < -0.4 is 0 Å². The summed E-state index contributed by atoms with van der Waals surface area (Å²) in [5.41, 5.74) is 0. The molecule has 0 aromatic heterocycles. The summed E-state index contributed by atoms with van der Waals surface area (Å²) in [7, 11) is -4.79. The second kappa shape index (κ2) is 35.6. The van der Waals surface area contributed by atoms with E-state index in [2.05, 4.69) is 60.9 Å². The molecule has 0 aliphatic carbocycles. The van der Waals surface area contributed by atoms with Crippen molar-refractivity contribution in [1.82, 2.24) is 0 Å². The van der Waals surface area contributed by atoms with E-state index >= 15 is 0 Å². The van der Waals surface area contributed by atoms with Gasteiger partial charge >= 0.3 is 19.8 Å². The second-order valence-electron chi connectivity index (χ2n) is 12.4. The SMILES string of the molecule is CC/C=C\C/C=C\C/C=C\CCCCCCCC(=O)O[C@H](COC(=O)CCC/C=C\C/C=C\C=C\[C@H](O)C/C=C\CCCCC)COP(=O)(O)O. The molecule has 51 heavy (non-hydrogen) atoms. The van der Waals surface area contributed by atoms with Gasteiger partial charge in [0.25, 0.3) is 0 Å². The quantitative estimate of drug-likeness (QED) is 0.0198. The summed E-state index contributed by atoms with van der Waals surface area (Å²) < 4.78 is 26.2. The first-order valence-corrected chi connectivity index (χ1v) is 20.5. The summed E-state index contributed by atoms with van der Waals surface area (Å²) in [6.45, 7) is 3.38. The average Bonchev–Trinajstić information content (AvgIpc) is 3.09. The van der Waals surface area contributed by atoms with Crippen LogP contribution in [0.15, 0.2) is 85.1 Å². The molecule has 2 atom stereocenters. The minimum absolute atomic E-state index is 0.150. The lowest BCUT2D eigenvalue weighted by atomic mass is 10.1. The van der Waals surface area contributed by atoms with Gasteiger partial charge in [-0.2, -0.15) is 0 Å². The molecule has 0 saturated carbocycles. The molecule has 0 aliphatic heterocycles. The first-order chi connectivity index (χ1) is 24.7. The van der Waals surface area contributed by atoms with Crippen LogP contribution in [0.4, 0.5) is 0 Å². The van der Waals surface area contributed by atoms with Gasteiger partial charge in [0.2, 0.25) is 0 Å². The van der Waals surface area contributed by atoms with Crippen molar-refractivity contribution in [3.63, 3.8) is 0 Å². The number of rotatable bonds is 33. The van der Waals surface area contributed by atoms with Crippen LogP contribution in [0.2, 0.25) is 0 Å². The fraction of sp³-hybridized carbons (Fsp3) is 0.610. The lowest BCUT2D eigenvalue weighted by Gasteiger charge is -2.18. The fourth-order valence-corrected chi connectivity index (χ4v) is 5.00. The third kappa shape index (κ3) is 38.3. The zero-order valence-corrected chi connectivity index (χ0v) is 32.2. The molecular formula is C41H67O9P. The van der Waals surface area contributed by atoms with E-state index < -0.39 is 38.6 Å². The number of esters is 2. The van der Waals surface area contributed by atoms with Gasteiger partial charge < -0.3 is 24.4 Å². The van der Waals surface area contributed by atoms with Crippen LogP contribution in [-0.4, -0.2) is 52.3 Å². The van der Waals surface area contributed by atoms with Gasteiger partial charge in [0.05, 0.1) is 12.7 Å². The van der Waals surface area contributed by atoms with Crippen molar-refractivity contribution >= 4 is 19.8 Å². The van der Waals surface area contributed by atoms with Gasteiger partial charge in [-0.3, -0.25) is 14.1 Å². The van der Waals surface area contributed by atoms with E-state index in [0.29, 0.717) is 25.7 Å². The largest absolute Gasteiger partial charge is 0.469 e. The van der Waals surface area contributed by atoms with E-state index in [1.54, 1.807) is 6.08 Å². The lowest BCUT2D eigenvalue weighted by Crippen LogP contribution is -2.29. The van der Waals surface area contributed by atoms with Crippen molar-refractivity contribution in [2.75, 3.05) is 13.2 Å². The van der Waals surface area contributed by atoms with Gasteiger partial charge in [0.1, 0.15) is 6.61 Å². The lowest BCUT2D eigenvalue weighted by molar-refractivity contribution is -0.161. The molecule has 290 valence electrons. The standard InChI is InChI=1S/C41H67O9P/c1-3-5-7-9-11-12-13-14-15-16-17-18-23-27-31-35-41(44)50-39(37-49-51(45,46)47)36-48-40(43)34-30-26-22-20-19-21-25-29-33-38(42)32-28-24-10-8-6-4-2/h5,7,11-12,14-15,20-22,24-25,28-29,33,38-39,42H,3-4,6,8-10,13,16-19,23,26-27,30-32,34-37H2,1-2H3,(H2,45,46,47)/b7-5-,12-11-,15-14-,22-20-,25-21-,28-24-,33-29+/t38-,39-/m1/s1. The molecule has 0 aromatic rings. The first-order valence-electron chi connectivity index (χ1n) is 19.0. The van der Waals surface area contributed by atoms with Crippen molar-refractivity contribution in [2.24, 2.45) is 0 Å². The molecule has 0 radical (unpaired) electrons. The number of carbonyl (C=O) groups is 2. The molecular weight excluding hydrogens is 667 g/mol. The van der Waals surface area contributed by atoms with Gasteiger partial charge in [0.15, 0.2) is 6.10 Å². The first kappa shape index (κ1) is 48.2. The molecule has 0 saturated heterocycles. The normalized spacial score (nSPS) is 14.1. The molecule has 0 aromatic carbocycles. The van der Waals surface area contributed by atoms with Crippen molar-refractivity contribution in [3.05, 3.63) is 85.1 Å². The number of aliphatic hydroxyl groups is 1. The number of hydrogen-bond acceptors (Lipinski definition) is 7. The smallest absolute Gasteiger partial charge is 0.462 e. The molecule has 9 nitrogen and oxygen atoms in total. The Labute approximate surface area is 308 Å². The Balaban J connectivity index is 4.18. The van der Waals surface area contributed by atoms with Crippen molar-refractivity contribution in [2.45, 2.75) is 148 Å². The van der Waals surface area contributed by atoms with Crippen LogP contribution in [0.1, 0.15) is 136 Å². The summed E-state index contributed by atoms with van der Waals surface area (Å²) in [6, 6.07) is 0. The van der Waals surface area contributed by atoms with Crippen LogP contribution in [0.5, 0.6) is 0 Å². The van der Waals surface area contributed by atoms with Crippen LogP contribution in [0.3, 0.4) is 0 Å². The van der Waals surface area contributed by atoms with Crippen molar-refractivity contribution in [3.8, 4) is 0 Å². The number of carbonyl (C=O) groups excluding carboxylic acids is 2. The number of phosphoric acid groups is 1. The van der Waals surface area contributed by atoms with Gasteiger partial charge in [-0.1, -0.05) is 131 Å². The number of ether oxygens (including phenoxy) is 2. The number of allylic oxidation sites excluding steroid dienone is 12. The molecule has 0 spiro atoms. The minimum atomic E-state index is -4.79. The summed E-state index contributed by atoms with van der Waals surface area (Å²) in [5.74, 6) is -1.02. The zero-order valence-electron chi connectivity index (χ0n) is 31.3. The zero-order chi connectivity index (χ0) is 37.7. The molecule has 0 fully saturated rings. The number of aliphatic hydroxyl groups excluding tert-OH is 1. The van der Waals surface area contributed by atoms with E-state index in [1.807, 2.05) is 36.5 Å². The summed E-state index contributed by atoms with van der Waals surface area (Å²) in [5, 5.41) is 9.98. The Morgan fingerprint density at radius 3 is 1.88 bits per heavy atom. The highest BCUT2D eigenvalue weighted by Crippen LogP contribution is 2.35. The van der Waals surface area contributed by atoms with Crippen LogP contribution >= 0.6 is 7.82 Å². The molecule has 0 heterocycles. The topological polar surface area (TPSA) is 140 Å². The van der Waals surface area contributed by atoms with Gasteiger partial charge in [0, 0.05) is 12.8 Å². The maximum atomic E-state index is 12.4. The Bertz CT molecular complexity index is 1110. The Kier molecular flexibility index (Phi) is 33.6. The third-order valence-electron chi connectivity index (χ3n) is 7.48. The van der Waals surface area contributed by atoms with E-state index in [-0.39, 0.29) is 19.4 Å². The van der Waals surface area contributed by atoms with Crippen LogP contribution in [-0.2, 0) is 28.2 Å². The highest BCUT2D eigenvalue weighted by atomic mass is 31.2. The molecule has 10 heteroatoms. The minimum Gasteiger partial charge on any atom is -0.462 e. The molecule has 3 N–H and O–H groups in total. The number of hydrogen-bond donors (Lipinski definition) is 3. The molecule has 0 unspecified atom stereocenters. The summed E-state index contributed by atoms with van der Waals surface area (Å²) in [4.78, 5) is 42.7. The van der Waals surface area contributed by atoms with E-state index in [4.69, 9.17) is 19.3 Å². The Morgan fingerprint density at radius 1 is 0.627 bits per heavy atom. The van der Waals surface area contributed by atoms with Gasteiger partial charge in [-0.25, -0.2) is 4.57 Å². The summed E-state index contributed by atoms with van der Waals surface area (Å²) >= 11 is 0. The fourth-order valence-electron chi connectivity index (χ4n) is 4.64. The third-order valence-corrected chi connectivity index (χ3v) is 7.96. The van der Waals surface area contributed by atoms with Crippen LogP contribution in [0.25, 0.3) is 0 Å². The maximum absolute atomic E-state index is 12.4. The van der Waals surface area contributed by atoms with Gasteiger partial charge in [-0.15, -0.1) is 0 Å². The van der Waals surface area contributed by atoms with Crippen LogP contribution in [0, 0.1) is 0 Å². The van der Waals surface area contributed by atoms with Crippen molar-refractivity contribution in [1.29, 1.82) is 0 Å².